The molecule has 1 saturated heterocycles. The third-order valence-electron chi connectivity index (χ3n) is 7.03. The maximum absolute atomic E-state index is 14.0. The zero-order valence-electron chi connectivity index (χ0n) is 18.9. The van der Waals surface area contributed by atoms with Crippen LogP contribution in [0.1, 0.15) is 48.0 Å². The van der Waals surface area contributed by atoms with Crippen LogP contribution in [0.4, 0.5) is 28.4 Å². The maximum atomic E-state index is 14.0. The summed E-state index contributed by atoms with van der Waals surface area (Å²) in [5, 5.41) is 5.05. The lowest BCUT2D eigenvalue weighted by Gasteiger charge is -2.41. The lowest BCUT2D eigenvalue weighted by molar-refractivity contribution is -0.138. The highest BCUT2D eigenvalue weighted by Crippen LogP contribution is 2.39. The summed E-state index contributed by atoms with van der Waals surface area (Å²) >= 11 is 1.23. The lowest BCUT2D eigenvalue weighted by atomic mass is 9.75. The van der Waals surface area contributed by atoms with Crippen molar-refractivity contribution in [2.24, 2.45) is 11.8 Å². The molecule has 9 heteroatoms. The summed E-state index contributed by atoms with van der Waals surface area (Å²) in [7, 11) is 0. The number of halogens is 4. The van der Waals surface area contributed by atoms with Crippen LogP contribution in [0.5, 0.6) is 0 Å². The minimum absolute atomic E-state index is 0.194. The van der Waals surface area contributed by atoms with Crippen molar-refractivity contribution < 1.29 is 22.4 Å². The number of aromatic nitrogens is 1. The first-order valence-corrected chi connectivity index (χ1v) is 12.6. The van der Waals surface area contributed by atoms with Gasteiger partial charge in [0.25, 0.3) is 5.91 Å². The fourth-order valence-corrected chi connectivity index (χ4v) is 5.95. The molecular formula is C26H25F4N3OS. The third kappa shape index (κ3) is 5.19. The van der Waals surface area contributed by atoms with Gasteiger partial charge in [-0.1, -0.05) is 19.3 Å². The van der Waals surface area contributed by atoms with E-state index in [1.54, 1.807) is 22.4 Å². The summed E-state index contributed by atoms with van der Waals surface area (Å²) in [5.74, 6) is 0.0528. The van der Waals surface area contributed by atoms with Gasteiger partial charge in [-0.15, -0.1) is 11.3 Å². The number of anilines is 2. The Morgan fingerprint density at radius 1 is 1.03 bits per heavy atom. The normalized spacial score (nSPS) is 20.4. The van der Waals surface area contributed by atoms with Gasteiger partial charge in [0.2, 0.25) is 0 Å². The summed E-state index contributed by atoms with van der Waals surface area (Å²) in [6.45, 7) is 1.04. The van der Waals surface area contributed by atoms with Crippen LogP contribution >= 0.6 is 11.3 Å². The molecule has 2 aliphatic rings. The van der Waals surface area contributed by atoms with E-state index >= 15 is 0 Å². The average Bonchev–Trinajstić information content (AvgIpc) is 3.31. The van der Waals surface area contributed by atoms with Crippen molar-refractivity contribution in [3.8, 4) is 11.3 Å². The fraction of sp³-hybridized carbons (Fsp3) is 0.385. The van der Waals surface area contributed by atoms with Gasteiger partial charge in [-0.05, 0) is 67.1 Å². The van der Waals surface area contributed by atoms with E-state index in [-0.39, 0.29) is 17.1 Å². The van der Waals surface area contributed by atoms with Crippen molar-refractivity contribution in [3.05, 3.63) is 64.8 Å². The predicted molar refractivity (Wildman–Crippen MR) is 128 cm³/mol. The van der Waals surface area contributed by atoms with E-state index in [1.165, 1.54) is 42.0 Å². The van der Waals surface area contributed by atoms with Gasteiger partial charge in [-0.25, -0.2) is 9.37 Å². The molecule has 1 aromatic heterocycles. The van der Waals surface area contributed by atoms with Gasteiger partial charge in [0.15, 0.2) is 5.13 Å². The first kappa shape index (κ1) is 23.8. The second-order valence-electron chi connectivity index (χ2n) is 9.27. The molecule has 2 aromatic carbocycles. The van der Waals surface area contributed by atoms with E-state index in [0.29, 0.717) is 41.3 Å². The second-order valence-corrected chi connectivity index (χ2v) is 10.1. The molecule has 1 aliphatic carbocycles. The number of nitrogens with zero attached hydrogens (tertiary/aromatic N) is 2. The first-order chi connectivity index (χ1) is 16.8. The van der Waals surface area contributed by atoms with Gasteiger partial charge in [0.1, 0.15) is 5.82 Å². The summed E-state index contributed by atoms with van der Waals surface area (Å²) in [6.07, 6.45) is 0.701. The van der Waals surface area contributed by atoms with Gasteiger partial charge in [-0.2, -0.15) is 13.2 Å². The molecule has 184 valence electrons. The molecule has 1 N–H and O–H groups in total. The molecule has 0 bridgehead atoms. The van der Waals surface area contributed by atoms with Crippen molar-refractivity contribution in [3.63, 3.8) is 0 Å². The standard InChI is InChI=1S/C26H25F4N3OS/c27-19-7-5-17(6-8-19)23-15-35-25(32-23)31-20-9-10-21(22(13-20)26(28,29)30)24(34)33-12-11-16-3-1-2-4-18(16)14-33/h5-10,13,15-16,18H,1-4,11-12,14H2,(H,31,32). The quantitative estimate of drug-likeness (QED) is 0.378. The van der Waals surface area contributed by atoms with Crippen LogP contribution < -0.4 is 5.32 Å². The topological polar surface area (TPSA) is 45.2 Å². The van der Waals surface area contributed by atoms with E-state index < -0.39 is 17.6 Å². The smallest absolute Gasteiger partial charge is 0.338 e. The second kappa shape index (κ2) is 9.60. The Morgan fingerprint density at radius 2 is 1.77 bits per heavy atom. The monoisotopic (exact) mass is 503 g/mol. The van der Waals surface area contributed by atoms with Gasteiger partial charge in [0, 0.05) is 29.7 Å². The zero-order valence-corrected chi connectivity index (χ0v) is 19.8. The van der Waals surface area contributed by atoms with Gasteiger partial charge in [-0.3, -0.25) is 4.79 Å². The summed E-state index contributed by atoms with van der Waals surface area (Å²) in [5.41, 5.74) is 0.220. The summed E-state index contributed by atoms with van der Waals surface area (Å²) in [6, 6.07) is 9.54. The Hall–Kier alpha value is -2.94. The Kier molecular flexibility index (Phi) is 6.53. The van der Waals surface area contributed by atoms with Crippen LogP contribution in [-0.4, -0.2) is 28.9 Å². The molecule has 2 heterocycles. The van der Waals surface area contributed by atoms with Crippen LogP contribution in [0.25, 0.3) is 11.3 Å². The number of piperidine rings is 1. The van der Waals surface area contributed by atoms with Crippen LogP contribution in [0.2, 0.25) is 0 Å². The molecule has 1 aliphatic heterocycles. The molecule has 2 unspecified atom stereocenters. The average molecular weight is 504 g/mol. The molecular weight excluding hydrogens is 478 g/mol. The molecule has 0 spiro atoms. The highest BCUT2D eigenvalue weighted by Gasteiger charge is 2.39. The highest BCUT2D eigenvalue weighted by molar-refractivity contribution is 7.14. The number of hydrogen-bond donors (Lipinski definition) is 1. The number of rotatable bonds is 4. The number of carbonyl (C=O) groups excluding carboxylic acids is 1. The predicted octanol–water partition coefficient (Wildman–Crippen LogP) is 7.36. The van der Waals surface area contributed by atoms with E-state index in [9.17, 15) is 22.4 Å². The molecule has 2 fully saturated rings. The Labute approximate surface area is 205 Å². The van der Waals surface area contributed by atoms with Crippen LogP contribution in [0, 0.1) is 17.7 Å². The Balaban J connectivity index is 1.36. The number of thiazole rings is 1. The van der Waals surface area contributed by atoms with Gasteiger partial charge >= 0.3 is 6.18 Å². The number of likely N-dealkylation sites (tertiary alicyclic amines) is 1. The van der Waals surface area contributed by atoms with Crippen molar-refractivity contribution in [1.29, 1.82) is 0 Å². The van der Waals surface area contributed by atoms with Gasteiger partial charge < -0.3 is 10.2 Å². The number of amides is 1. The van der Waals surface area contributed by atoms with Crippen LogP contribution in [-0.2, 0) is 6.18 Å². The number of fused-ring (bicyclic) bond motifs is 1. The van der Waals surface area contributed by atoms with Crippen molar-refractivity contribution >= 4 is 28.1 Å². The number of hydrogen-bond acceptors (Lipinski definition) is 4. The zero-order chi connectivity index (χ0) is 24.6. The van der Waals surface area contributed by atoms with Gasteiger partial charge in [0.05, 0.1) is 16.8 Å². The SMILES string of the molecule is O=C(c1ccc(Nc2nc(-c3ccc(F)cc3)cs2)cc1C(F)(F)F)N1CCC2CCCCC2C1. The molecule has 35 heavy (non-hydrogen) atoms. The van der Waals surface area contributed by atoms with Crippen molar-refractivity contribution in [2.75, 3.05) is 18.4 Å². The highest BCUT2D eigenvalue weighted by atomic mass is 32.1. The minimum atomic E-state index is -4.67. The molecule has 3 aromatic rings. The minimum Gasteiger partial charge on any atom is -0.338 e. The lowest BCUT2D eigenvalue weighted by Crippen LogP contribution is -2.45. The number of benzene rings is 2. The Bertz CT molecular complexity index is 1210. The summed E-state index contributed by atoms with van der Waals surface area (Å²) in [4.78, 5) is 19.2. The van der Waals surface area contributed by atoms with E-state index in [1.807, 2.05) is 0 Å². The largest absolute Gasteiger partial charge is 0.417 e. The Morgan fingerprint density at radius 3 is 2.51 bits per heavy atom. The molecule has 2 atom stereocenters. The van der Waals surface area contributed by atoms with Crippen molar-refractivity contribution in [2.45, 2.75) is 38.3 Å². The maximum Gasteiger partial charge on any atom is 0.417 e. The molecule has 1 amide bonds. The van der Waals surface area contributed by atoms with E-state index in [2.05, 4.69) is 10.3 Å². The van der Waals surface area contributed by atoms with E-state index in [0.717, 1.165) is 31.7 Å². The van der Waals surface area contributed by atoms with Crippen molar-refractivity contribution in [1.82, 2.24) is 9.88 Å². The molecule has 1 saturated carbocycles. The molecule has 5 rings (SSSR count). The number of nitrogens with one attached hydrogen (secondary N) is 1. The molecule has 0 radical (unpaired) electrons. The fourth-order valence-electron chi connectivity index (χ4n) is 5.21. The number of alkyl halides is 3. The van der Waals surface area contributed by atoms with E-state index in [4.69, 9.17) is 0 Å². The van der Waals surface area contributed by atoms with Crippen LogP contribution in [0.15, 0.2) is 47.8 Å². The third-order valence-corrected chi connectivity index (χ3v) is 7.79. The number of carbonyl (C=O) groups is 1. The first-order valence-electron chi connectivity index (χ1n) is 11.8. The molecule has 4 nitrogen and oxygen atoms in total. The summed E-state index contributed by atoms with van der Waals surface area (Å²) < 4.78 is 55.1. The van der Waals surface area contributed by atoms with Crippen LogP contribution in [0.3, 0.4) is 0 Å².